The van der Waals surface area contributed by atoms with Crippen LogP contribution in [0.1, 0.15) is 19.8 Å². The Morgan fingerprint density at radius 1 is 1.67 bits per heavy atom. The molecule has 0 bridgehead atoms. The predicted octanol–water partition coefficient (Wildman–Crippen LogP) is 2.07. The van der Waals surface area contributed by atoms with Gasteiger partial charge in [-0.25, -0.2) is 0 Å². The Bertz CT molecular complexity index is 212. The van der Waals surface area contributed by atoms with Crippen molar-refractivity contribution in [3.63, 3.8) is 0 Å². The van der Waals surface area contributed by atoms with Gasteiger partial charge >= 0.3 is 5.97 Å². The molecule has 66 valence electrons. The SMILES string of the molecule is C=C/C=C/C1(C(=O)OCC)CC1. The van der Waals surface area contributed by atoms with Crippen molar-refractivity contribution in [3.8, 4) is 0 Å². The van der Waals surface area contributed by atoms with Crippen molar-refractivity contribution < 1.29 is 9.53 Å². The Morgan fingerprint density at radius 3 is 2.75 bits per heavy atom. The highest BCUT2D eigenvalue weighted by atomic mass is 16.5. The highest BCUT2D eigenvalue weighted by Crippen LogP contribution is 2.48. The molecule has 0 amide bonds. The summed E-state index contributed by atoms with van der Waals surface area (Å²) in [5, 5.41) is 0. The summed E-state index contributed by atoms with van der Waals surface area (Å²) in [5.41, 5.74) is -0.301. The van der Waals surface area contributed by atoms with Crippen molar-refractivity contribution in [1.29, 1.82) is 0 Å². The number of rotatable bonds is 4. The molecule has 1 saturated carbocycles. The van der Waals surface area contributed by atoms with Crippen LogP contribution in [-0.4, -0.2) is 12.6 Å². The van der Waals surface area contributed by atoms with Crippen molar-refractivity contribution in [2.45, 2.75) is 19.8 Å². The van der Waals surface area contributed by atoms with Gasteiger partial charge in [-0.15, -0.1) is 0 Å². The van der Waals surface area contributed by atoms with E-state index in [2.05, 4.69) is 6.58 Å². The monoisotopic (exact) mass is 166 g/mol. The molecule has 1 fully saturated rings. The van der Waals surface area contributed by atoms with Crippen LogP contribution in [-0.2, 0) is 9.53 Å². The molecule has 0 aliphatic heterocycles. The summed E-state index contributed by atoms with van der Waals surface area (Å²) >= 11 is 0. The summed E-state index contributed by atoms with van der Waals surface area (Å²) in [6.07, 6.45) is 7.20. The van der Waals surface area contributed by atoms with Gasteiger partial charge < -0.3 is 4.74 Å². The van der Waals surface area contributed by atoms with Crippen LogP contribution >= 0.6 is 0 Å². The number of carbonyl (C=O) groups is 1. The Kier molecular flexibility index (Phi) is 2.69. The van der Waals surface area contributed by atoms with Crippen LogP contribution in [0.4, 0.5) is 0 Å². The third-order valence-corrected chi connectivity index (χ3v) is 2.02. The molecule has 0 unspecified atom stereocenters. The number of hydrogen-bond donors (Lipinski definition) is 0. The second-order valence-corrected chi connectivity index (χ2v) is 2.97. The van der Waals surface area contributed by atoms with E-state index in [1.807, 2.05) is 19.1 Å². The lowest BCUT2D eigenvalue weighted by Crippen LogP contribution is -2.16. The van der Waals surface area contributed by atoms with E-state index < -0.39 is 0 Å². The fourth-order valence-corrected chi connectivity index (χ4v) is 1.10. The zero-order valence-electron chi connectivity index (χ0n) is 7.38. The van der Waals surface area contributed by atoms with Gasteiger partial charge in [0.1, 0.15) is 0 Å². The molecule has 1 aliphatic carbocycles. The number of ether oxygens (including phenoxy) is 1. The third-order valence-electron chi connectivity index (χ3n) is 2.02. The normalized spacial score (nSPS) is 19.1. The van der Waals surface area contributed by atoms with Crippen molar-refractivity contribution in [2.24, 2.45) is 5.41 Å². The van der Waals surface area contributed by atoms with Gasteiger partial charge in [0.2, 0.25) is 0 Å². The van der Waals surface area contributed by atoms with E-state index in [1.165, 1.54) is 0 Å². The van der Waals surface area contributed by atoms with Crippen LogP contribution < -0.4 is 0 Å². The molecule has 0 aromatic rings. The first kappa shape index (κ1) is 9.04. The Balaban J connectivity index is 2.53. The molecular weight excluding hydrogens is 152 g/mol. The van der Waals surface area contributed by atoms with Crippen LogP contribution in [0.25, 0.3) is 0 Å². The van der Waals surface area contributed by atoms with Crippen LogP contribution in [0, 0.1) is 5.41 Å². The minimum absolute atomic E-state index is 0.0944. The first-order valence-corrected chi connectivity index (χ1v) is 4.22. The molecule has 0 aromatic heterocycles. The summed E-state index contributed by atoms with van der Waals surface area (Å²) in [4.78, 5) is 11.3. The topological polar surface area (TPSA) is 26.3 Å². The fraction of sp³-hybridized carbons (Fsp3) is 0.500. The van der Waals surface area contributed by atoms with Gasteiger partial charge in [-0.2, -0.15) is 0 Å². The lowest BCUT2D eigenvalue weighted by molar-refractivity contribution is -0.147. The molecule has 1 aliphatic rings. The molecule has 0 heterocycles. The molecule has 0 saturated heterocycles. The van der Waals surface area contributed by atoms with Crippen molar-refractivity contribution in [2.75, 3.05) is 6.61 Å². The lowest BCUT2D eigenvalue weighted by Gasteiger charge is -2.07. The van der Waals surface area contributed by atoms with Gasteiger partial charge in [-0.3, -0.25) is 4.79 Å². The van der Waals surface area contributed by atoms with Crippen LogP contribution in [0.5, 0.6) is 0 Å². The molecule has 0 aromatic carbocycles. The van der Waals surface area contributed by atoms with Gasteiger partial charge in [0.25, 0.3) is 0 Å². The average molecular weight is 166 g/mol. The minimum atomic E-state index is -0.301. The molecule has 0 N–H and O–H groups in total. The Morgan fingerprint density at radius 2 is 2.33 bits per heavy atom. The average Bonchev–Trinajstić information content (AvgIpc) is 2.82. The minimum Gasteiger partial charge on any atom is -0.465 e. The Labute approximate surface area is 72.9 Å². The second kappa shape index (κ2) is 3.57. The Hall–Kier alpha value is -1.05. The van der Waals surface area contributed by atoms with E-state index in [-0.39, 0.29) is 11.4 Å². The standard InChI is InChI=1S/C10H14O2/c1-3-5-6-10(7-8-10)9(11)12-4-2/h3,5-6H,1,4,7-8H2,2H3/b6-5+. The van der Waals surface area contributed by atoms with E-state index in [4.69, 9.17) is 4.74 Å². The van der Waals surface area contributed by atoms with Crippen LogP contribution in [0.3, 0.4) is 0 Å². The van der Waals surface area contributed by atoms with Gasteiger partial charge in [0.15, 0.2) is 0 Å². The van der Waals surface area contributed by atoms with Crippen molar-refractivity contribution in [3.05, 3.63) is 24.8 Å². The molecular formula is C10H14O2. The number of hydrogen-bond acceptors (Lipinski definition) is 2. The maximum absolute atomic E-state index is 11.3. The van der Waals surface area contributed by atoms with Gasteiger partial charge in [-0.1, -0.05) is 24.8 Å². The molecule has 2 nitrogen and oxygen atoms in total. The second-order valence-electron chi connectivity index (χ2n) is 2.97. The van der Waals surface area contributed by atoms with Crippen molar-refractivity contribution in [1.82, 2.24) is 0 Å². The number of allylic oxidation sites excluding steroid dienone is 2. The maximum Gasteiger partial charge on any atom is 0.315 e. The summed E-state index contributed by atoms with van der Waals surface area (Å²) < 4.78 is 4.94. The van der Waals surface area contributed by atoms with Crippen LogP contribution in [0.15, 0.2) is 24.8 Å². The van der Waals surface area contributed by atoms with Gasteiger partial charge in [0.05, 0.1) is 12.0 Å². The molecule has 0 spiro atoms. The summed E-state index contributed by atoms with van der Waals surface area (Å²) in [7, 11) is 0. The molecule has 0 atom stereocenters. The number of carbonyl (C=O) groups excluding carboxylic acids is 1. The zero-order valence-corrected chi connectivity index (χ0v) is 7.38. The summed E-state index contributed by atoms with van der Waals surface area (Å²) in [6.45, 7) is 5.84. The van der Waals surface area contributed by atoms with E-state index in [9.17, 15) is 4.79 Å². The third kappa shape index (κ3) is 1.76. The maximum atomic E-state index is 11.3. The zero-order chi connectivity index (χ0) is 9.03. The van der Waals surface area contributed by atoms with Gasteiger partial charge in [0, 0.05) is 0 Å². The molecule has 2 heteroatoms. The van der Waals surface area contributed by atoms with E-state index in [1.54, 1.807) is 6.08 Å². The summed E-state index contributed by atoms with van der Waals surface area (Å²) in [6, 6.07) is 0. The fourth-order valence-electron chi connectivity index (χ4n) is 1.10. The highest BCUT2D eigenvalue weighted by molar-refractivity contribution is 5.82. The largest absolute Gasteiger partial charge is 0.465 e. The molecule has 0 radical (unpaired) electrons. The first-order valence-electron chi connectivity index (χ1n) is 4.22. The van der Waals surface area contributed by atoms with Crippen molar-refractivity contribution >= 4 is 5.97 Å². The summed E-state index contributed by atoms with van der Waals surface area (Å²) in [5.74, 6) is -0.0944. The van der Waals surface area contributed by atoms with E-state index in [0.717, 1.165) is 12.8 Å². The quantitative estimate of drug-likeness (QED) is 0.472. The molecule has 12 heavy (non-hydrogen) atoms. The highest BCUT2D eigenvalue weighted by Gasteiger charge is 2.48. The van der Waals surface area contributed by atoms with E-state index >= 15 is 0 Å². The first-order chi connectivity index (χ1) is 5.75. The predicted molar refractivity (Wildman–Crippen MR) is 47.6 cm³/mol. The van der Waals surface area contributed by atoms with Crippen LogP contribution in [0.2, 0.25) is 0 Å². The van der Waals surface area contributed by atoms with E-state index in [0.29, 0.717) is 6.61 Å². The lowest BCUT2D eigenvalue weighted by atomic mass is 10.1. The number of esters is 1. The smallest absolute Gasteiger partial charge is 0.315 e. The molecule has 1 rings (SSSR count). The van der Waals surface area contributed by atoms with Gasteiger partial charge in [-0.05, 0) is 19.8 Å².